The zero-order valence-electron chi connectivity index (χ0n) is 15.2. The molecule has 0 saturated carbocycles. The van der Waals surface area contributed by atoms with Gasteiger partial charge in [-0.05, 0) is 6.42 Å². The second-order valence-electron chi connectivity index (χ2n) is 6.00. The van der Waals surface area contributed by atoms with E-state index < -0.39 is 0 Å². The van der Waals surface area contributed by atoms with Crippen LogP contribution in [0.3, 0.4) is 0 Å². The summed E-state index contributed by atoms with van der Waals surface area (Å²) in [5, 5.41) is 9.36. The first-order valence-corrected chi connectivity index (χ1v) is 8.39. The van der Waals surface area contributed by atoms with E-state index in [4.69, 9.17) is 14.2 Å². The molecule has 0 aliphatic carbocycles. The first-order valence-electron chi connectivity index (χ1n) is 8.39. The molecule has 136 valence electrons. The molecule has 0 N–H and O–H groups in total. The fourth-order valence-electron chi connectivity index (χ4n) is 2.49. The molecule has 0 unspecified atom stereocenters. The lowest BCUT2D eigenvalue weighted by Gasteiger charge is -2.26. The molecule has 0 aromatic heterocycles. The lowest BCUT2D eigenvalue weighted by Crippen LogP contribution is -2.37. The summed E-state index contributed by atoms with van der Waals surface area (Å²) in [7, 11) is 5.33. The molecule has 0 atom stereocenters. The molecule has 25 heavy (non-hydrogen) atoms. The summed E-state index contributed by atoms with van der Waals surface area (Å²) in [6.07, 6.45) is 2.56. The standard InChI is InChI=1S/C18H26N4O3/c1-21(2)14-20-16-12-17(23-3)18(11-15(16)13-19)25-8-4-5-22-6-9-24-10-7-22/h11-12,14H,4-10H2,1-3H3/b20-14+. The van der Waals surface area contributed by atoms with Crippen LogP contribution in [0, 0.1) is 11.3 Å². The summed E-state index contributed by atoms with van der Waals surface area (Å²) in [6.45, 7) is 5.09. The Labute approximate surface area is 149 Å². The molecule has 0 amide bonds. The van der Waals surface area contributed by atoms with Gasteiger partial charge in [0.15, 0.2) is 11.5 Å². The Morgan fingerprint density at radius 2 is 2.08 bits per heavy atom. The van der Waals surface area contributed by atoms with Crippen LogP contribution in [-0.2, 0) is 4.74 Å². The molecule has 1 aromatic rings. The highest BCUT2D eigenvalue weighted by Gasteiger charge is 2.13. The molecule has 7 nitrogen and oxygen atoms in total. The third-order valence-corrected chi connectivity index (χ3v) is 3.81. The van der Waals surface area contributed by atoms with Crippen molar-refractivity contribution in [1.82, 2.24) is 9.80 Å². The highest BCUT2D eigenvalue weighted by molar-refractivity contribution is 5.68. The molecule has 1 aliphatic rings. The van der Waals surface area contributed by atoms with Crippen LogP contribution in [0.25, 0.3) is 0 Å². The van der Waals surface area contributed by atoms with Crippen molar-refractivity contribution < 1.29 is 14.2 Å². The highest BCUT2D eigenvalue weighted by Crippen LogP contribution is 2.34. The van der Waals surface area contributed by atoms with E-state index in [0.717, 1.165) is 39.3 Å². The Balaban J connectivity index is 1.98. The maximum atomic E-state index is 9.36. The maximum Gasteiger partial charge on any atom is 0.162 e. The predicted octanol–water partition coefficient (Wildman–Crippen LogP) is 1.89. The zero-order chi connectivity index (χ0) is 18.1. The number of benzene rings is 1. The van der Waals surface area contributed by atoms with Gasteiger partial charge in [-0.15, -0.1) is 0 Å². The van der Waals surface area contributed by atoms with Gasteiger partial charge in [-0.2, -0.15) is 5.26 Å². The van der Waals surface area contributed by atoms with Crippen LogP contribution < -0.4 is 9.47 Å². The molecule has 0 bridgehead atoms. The lowest BCUT2D eigenvalue weighted by molar-refractivity contribution is 0.0357. The number of methoxy groups -OCH3 is 1. The molecule has 1 aromatic carbocycles. The molecular formula is C18H26N4O3. The number of hydrogen-bond acceptors (Lipinski definition) is 6. The van der Waals surface area contributed by atoms with E-state index in [9.17, 15) is 5.26 Å². The maximum absolute atomic E-state index is 9.36. The minimum Gasteiger partial charge on any atom is -0.493 e. The third-order valence-electron chi connectivity index (χ3n) is 3.81. The normalized spacial score (nSPS) is 15.1. The van der Waals surface area contributed by atoms with Gasteiger partial charge in [0.1, 0.15) is 6.07 Å². The molecule has 2 rings (SSSR count). The second kappa shape index (κ2) is 9.87. The molecule has 1 heterocycles. The lowest BCUT2D eigenvalue weighted by atomic mass is 10.1. The van der Waals surface area contributed by atoms with E-state index >= 15 is 0 Å². The van der Waals surface area contributed by atoms with E-state index in [1.807, 2.05) is 19.0 Å². The Hall–Kier alpha value is -2.30. The molecule has 1 saturated heterocycles. The quantitative estimate of drug-likeness (QED) is 0.407. The van der Waals surface area contributed by atoms with Gasteiger partial charge in [-0.25, -0.2) is 4.99 Å². The molecular weight excluding hydrogens is 320 g/mol. The van der Waals surface area contributed by atoms with E-state index in [2.05, 4.69) is 16.0 Å². The van der Waals surface area contributed by atoms with Crippen molar-refractivity contribution in [2.24, 2.45) is 4.99 Å². The van der Waals surface area contributed by atoms with Crippen LogP contribution in [0.5, 0.6) is 11.5 Å². The Morgan fingerprint density at radius 1 is 1.32 bits per heavy atom. The number of nitrogens with zero attached hydrogens (tertiary/aromatic N) is 4. The van der Waals surface area contributed by atoms with Gasteiger partial charge in [0, 0.05) is 45.9 Å². The topological polar surface area (TPSA) is 70.3 Å². The van der Waals surface area contributed by atoms with E-state index in [1.54, 1.807) is 25.6 Å². The van der Waals surface area contributed by atoms with Crippen molar-refractivity contribution in [2.45, 2.75) is 6.42 Å². The summed E-state index contributed by atoms with van der Waals surface area (Å²) < 4.78 is 16.6. The van der Waals surface area contributed by atoms with Gasteiger partial charge in [0.05, 0.1) is 44.5 Å². The largest absolute Gasteiger partial charge is 0.493 e. The van der Waals surface area contributed by atoms with Gasteiger partial charge >= 0.3 is 0 Å². The van der Waals surface area contributed by atoms with Gasteiger partial charge in [-0.1, -0.05) is 0 Å². The highest BCUT2D eigenvalue weighted by atomic mass is 16.5. The number of hydrogen-bond donors (Lipinski definition) is 0. The van der Waals surface area contributed by atoms with Crippen molar-refractivity contribution in [2.75, 3.05) is 60.7 Å². The summed E-state index contributed by atoms with van der Waals surface area (Å²) in [5.74, 6) is 1.15. The van der Waals surface area contributed by atoms with Crippen molar-refractivity contribution in [1.29, 1.82) is 5.26 Å². The molecule has 0 radical (unpaired) electrons. The molecule has 1 aliphatic heterocycles. The van der Waals surface area contributed by atoms with Crippen molar-refractivity contribution in [3.63, 3.8) is 0 Å². The number of rotatable bonds is 8. The monoisotopic (exact) mass is 346 g/mol. The van der Waals surface area contributed by atoms with Crippen molar-refractivity contribution in [3.8, 4) is 17.6 Å². The summed E-state index contributed by atoms with van der Waals surface area (Å²) >= 11 is 0. The van der Waals surface area contributed by atoms with E-state index in [1.165, 1.54) is 0 Å². The first-order chi connectivity index (χ1) is 12.1. The number of aliphatic imine (C=N–C) groups is 1. The Morgan fingerprint density at radius 3 is 2.72 bits per heavy atom. The smallest absolute Gasteiger partial charge is 0.162 e. The van der Waals surface area contributed by atoms with Crippen LogP contribution in [0.15, 0.2) is 17.1 Å². The molecule has 7 heteroatoms. The van der Waals surface area contributed by atoms with Gasteiger partial charge in [0.2, 0.25) is 0 Å². The fraction of sp³-hybridized carbons (Fsp3) is 0.556. The second-order valence-corrected chi connectivity index (χ2v) is 6.00. The van der Waals surface area contributed by atoms with Crippen LogP contribution in [0.4, 0.5) is 5.69 Å². The molecule has 1 fully saturated rings. The van der Waals surface area contributed by atoms with E-state index in [-0.39, 0.29) is 0 Å². The van der Waals surface area contributed by atoms with Crippen molar-refractivity contribution >= 4 is 12.0 Å². The zero-order valence-corrected chi connectivity index (χ0v) is 15.2. The SMILES string of the molecule is COc1cc(/N=C/N(C)C)c(C#N)cc1OCCCN1CCOCC1. The van der Waals surface area contributed by atoms with Crippen LogP contribution in [0.1, 0.15) is 12.0 Å². The third kappa shape index (κ3) is 5.93. The van der Waals surface area contributed by atoms with Crippen LogP contribution >= 0.6 is 0 Å². The molecule has 0 spiro atoms. The number of ether oxygens (including phenoxy) is 3. The fourth-order valence-corrected chi connectivity index (χ4v) is 2.49. The average molecular weight is 346 g/mol. The predicted molar refractivity (Wildman–Crippen MR) is 96.9 cm³/mol. The van der Waals surface area contributed by atoms with Crippen LogP contribution in [0.2, 0.25) is 0 Å². The summed E-state index contributed by atoms with van der Waals surface area (Å²) in [6, 6.07) is 5.59. The van der Waals surface area contributed by atoms with Crippen molar-refractivity contribution in [3.05, 3.63) is 17.7 Å². The van der Waals surface area contributed by atoms with Gasteiger partial charge in [0.25, 0.3) is 0 Å². The van der Waals surface area contributed by atoms with Crippen LogP contribution in [-0.4, -0.2) is 76.8 Å². The first kappa shape index (κ1) is 19.0. The minimum absolute atomic E-state index is 0.460. The van der Waals surface area contributed by atoms with Gasteiger partial charge < -0.3 is 19.1 Å². The average Bonchev–Trinajstić information content (AvgIpc) is 2.64. The Bertz CT molecular complexity index is 619. The van der Waals surface area contributed by atoms with E-state index in [0.29, 0.717) is 29.4 Å². The van der Waals surface area contributed by atoms with Gasteiger partial charge in [-0.3, -0.25) is 4.90 Å². The number of morpholine rings is 1. The number of nitriles is 1. The minimum atomic E-state index is 0.460. The summed E-state index contributed by atoms with van der Waals surface area (Å²) in [4.78, 5) is 8.48. The Kier molecular flexibility index (Phi) is 7.51. The summed E-state index contributed by atoms with van der Waals surface area (Å²) in [5.41, 5.74) is 1.02.